The maximum atomic E-state index is 12.3. The van der Waals surface area contributed by atoms with Crippen LogP contribution in [-0.2, 0) is 6.42 Å². The van der Waals surface area contributed by atoms with Crippen LogP contribution in [-0.4, -0.2) is 21.1 Å². The molecular formula is C14H12Cl2N4O. The summed E-state index contributed by atoms with van der Waals surface area (Å²) in [5, 5.41) is 11.1. The predicted octanol–water partition coefficient (Wildman–Crippen LogP) is 4.01. The van der Waals surface area contributed by atoms with E-state index < -0.39 is 0 Å². The van der Waals surface area contributed by atoms with E-state index in [4.69, 9.17) is 23.2 Å². The first-order chi connectivity index (χ1) is 10.1. The Kier molecular flexibility index (Phi) is 3.61. The number of amides is 1. The summed E-state index contributed by atoms with van der Waals surface area (Å²) in [5.74, 6) is 0.251. The van der Waals surface area contributed by atoms with Gasteiger partial charge in [-0.3, -0.25) is 9.89 Å². The van der Waals surface area contributed by atoms with Crippen LogP contribution in [0, 0.1) is 0 Å². The molecule has 3 rings (SSSR count). The molecule has 0 atom stereocenters. The molecule has 0 saturated carbocycles. The van der Waals surface area contributed by atoms with E-state index in [1.807, 2.05) is 6.92 Å². The molecule has 0 spiro atoms. The lowest BCUT2D eigenvalue weighted by molar-refractivity contribution is 0.102. The van der Waals surface area contributed by atoms with E-state index in [1.165, 1.54) is 0 Å². The molecule has 0 saturated heterocycles. The molecule has 0 radical (unpaired) electrons. The van der Waals surface area contributed by atoms with Gasteiger partial charge in [-0.25, -0.2) is 0 Å². The van der Waals surface area contributed by atoms with Crippen molar-refractivity contribution < 1.29 is 4.79 Å². The quantitative estimate of drug-likeness (QED) is 0.681. The molecule has 2 aromatic heterocycles. The van der Waals surface area contributed by atoms with Crippen LogP contribution in [0.2, 0.25) is 10.0 Å². The standard InChI is InChI=1S/C14H12Cl2N4O/c1-2-7-6-17-20-13(7)19-14(21)12-11(16)9-5-8(15)3-4-10(9)18-12/h3-6,18H,2H2,1H3,(H2,17,19,20,21). The highest BCUT2D eigenvalue weighted by atomic mass is 35.5. The van der Waals surface area contributed by atoms with Crippen LogP contribution in [0.15, 0.2) is 24.4 Å². The van der Waals surface area contributed by atoms with Crippen molar-refractivity contribution in [3.63, 3.8) is 0 Å². The highest BCUT2D eigenvalue weighted by Gasteiger charge is 2.18. The molecule has 3 aromatic rings. The van der Waals surface area contributed by atoms with Gasteiger partial charge in [0.15, 0.2) is 0 Å². The van der Waals surface area contributed by atoms with Crippen molar-refractivity contribution in [2.75, 3.05) is 5.32 Å². The minimum atomic E-state index is -0.328. The highest BCUT2D eigenvalue weighted by molar-refractivity contribution is 6.40. The van der Waals surface area contributed by atoms with Gasteiger partial charge in [0, 0.05) is 21.5 Å². The number of benzene rings is 1. The number of fused-ring (bicyclic) bond motifs is 1. The molecule has 7 heteroatoms. The monoisotopic (exact) mass is 322 g/mol. The zero-order valence-corrected chi connectivity index (χ0v) is 12.6. The Hall–Kier alpha value is -1.98. The molecule has 5 nitrogen and oxygen atoms in total. The number of hydrogen-bond acceptors (Lipinski definition) is 2. The zero-order valence-electron chi connectivity index (χ0n) is 11.1. The number of rotatable bonds is 3. The van der Waals surface area contributed by atoms with Crippen LogP contribution < -0.4 is 5.32 Å². The molecule has 108 valence electrons. The second-order valence-corrected chi connectivity index (χ2v) is 5.40. The fraction of sp³-hybridized carbons (Fsp3) is 0.143. The summed E-state index contributed by atoms with van der Waals surface area (Å²) in [5.41, 5.74) is 1.99. The lowest BCUT2D eigenvalue weighted by Crippen LogP contribution is -2.14. The van der Waals surface area contributed by atoms with Crippen molar-refractivity contribution in [3.05, 3.63) is 45.7 Å². The molecule has 2 heterocycles. The lowest BCUT2D eigenvalue weighted by atomic mass is 10.2. The Morgan fingerprint density at radius 2 is 2.19 bits per heavy atom. The summed E-state index contributed by atoms with van der Waals surface area (Å²) in [6.07, 6.45) is 2.45. The third-order valence-electron chi connectivity index (χ3n) is 3.26. The van der Waals surface area contributed by atoms with Crippen LogP contribution >= 0.6 is 23.2 Å². The van der Waals surface area contributed by atoms with Crippen molar-refractivity contribution in [2.45, 2.75) is 13.3 Å². The second-order valence-electron chi connectivity index (χ2n) is 4.58. The summed E-state index contributed by atoms with van der Waals surface area (Å²) < 4.78 is 0. The molecule has 21 heavy (non-hydrogen) atoms. The molecule has 0 bridgehead atoms. The Balaban J connectivity index is 1.96. The number of anilines is 1. The fourth-order valence-electron chi connectivity index (χ4n) is 2.15. The number of carbonyl (C=O) groups is 1. The third kappa shape index (κ3) is 2.50. The van der Waals surface area contributed by atoms with Crippen LogP contribution in [0.3, 0.4) is 0 Å². The summed E-state index contributed by atoms with van der Waals surface area (Å²) in [6, 6.07) is 5.25. The normalized spacial score (nSPS) is 11.0. The first kappa shape index (κ1) is 14.0. The van der Waals surface area contributed by atoms with Gasteiger partial charge in [0.2, 0.25) is 0 Å². The molecule has 0 aliphatic rings. The smallest absolute Gasteiger partial charge is 0.274 e. The Labute approximate surface area is 130 Å². The van der Waals surface area contributed by atoms with Gasteiger partial charge in [0.25, 0.3) is 5.91 Å². The molecule has 0 aliphatic heterocycles. The Bertz CT molecular complexity index is 822. The van der Waals surface area contributed by atoms with Crippen molar-refractivity contribution in [1.82, 2.24) is 15.2 Å². The van der Waals surface area contributed by atoms with Gasteiger partial charge in [-0.1, -0.05) is 30.1 Å². The molecular weight excluding hydrogens is 311 g/mol. The van der Waals surface area contributed by atoms with Crippen LogP contribution in [0.4, 0.5) is 5.82 Å². The van der Waals surface area contributed by atoms with E-state index in [2.05, 4.69) is 20.5 Å². The lowest BCUT2D eigenvalue weighted by Gasteiger charge is -2.03. The van der Waals surface area contributed by atoms with Crippen molar-refractivity contribution in [2.24, 2.45) is 0 Å². The molecule has 1 amide bonds. The Morgan fingerprint density at radius 1 is 1.38 bits per heavy atom. The second kappa shape index (κ2) is 5.42. The van der Waals surface area contributed by atoms with Gasteiger partial charge in [-0.2, -0.15) is 5.10 Å². The number of nitrogens with one attached hydrogen (secondary N) is 3. The third-order valence-corrected chi connectivity index (χ3v) is 3.89. The minimum Gasteiger partial charge on any atom is -0.349 e. The topological polar surface area (TPSA) is 73.6 Å². The largest absolute Gasteiger partial charge is 0.349 e. The van der Waals surface area contributed by atoms with Crippen molar-refractivity contribution >= 4 is 45.8 Å². The van der Waals surface area contributed by atoms with Gasteiger partial charge in [-0.15, -0.1) is 0 Å². The average molecular weight is 323 g/mol. The highest BCUT2D eigenvalue weighted by Crippen LogP contribution is 2.30. The van der Waals surface area contributed by atoms with Gasteiger partial charge < -0.3 is 10.3 Å². The van der Waals surface area contributed by atoms with Gasteiger partial charge in [-0.05, 0) is 24.6 Å². The van der Waals surface area contributed by atoms with E-state index in [1.54, 1.807) is 24.4 Å². The molecule has 3 N–H and O–H groups in total. The molecule has 1 aromatic carbocycles. The van der Waals surface area contributed by atoms with Gasteiger partial charge in [0.1, 0.15) is 11.5 Å². The molecule has 0 aliphatic carbocycles. The number of halogens is 2. The van der Waals surface area contributed by atoms with E-state index in [0.29, 0.717) is 21.6 Å². The number of hydrogen-bond donors (Lipinski definition) is 3. The van der Waals surface area contributed by atoms with E-state index in [0.717, 1.165) is 22.9 Å². The first-order valence-corrected chi connectivity index (χ1v) is 7.16. The maximum Gasteiger partial charge on any atom is 0.274 e. The number of aryl methyl sites for hydroxylation is 1. The van der Waals surface area contributed by atoms with Gasteiger partial charge >= 0.3 is 0 Å². The summed E-state index contributed by atoms with van der Waals surface area (Å²) in [6.45, 7) is 1.98. The molecule has 0 unspecified atom stereocenters. The maximum absolute atomic E-state index is 12.3. The van der Waals surface area contributed by atoms with Crippen LogP contribution in [0.1, 0.15) is 23.0 Å². The van der Waals surface area contributed by atoms with Crippen LogP contribution in [0.25, 0.3) is 10.9 Å². The van der Waals surface area contributed by atoms with Crippen molar-refractivity contribution in [1.29, 1.82) is 0 Å². The SMILES string of the molecule is CCc1cn[nH]c1NC(=O)c1[nH]c2ccc(Cl)cc2c1Cl. The minimum absolute atomic E-state index is 0.297. The van der Waals surface area contributed by atoms with E-state index >= 15 is 0 Å². The zero-order chi connectivity index (χ0) is 15.0. The first-order valence-electron chi connectivity index (χ1n) is 6.40. The summed E-state index contributed by atoms with van der Waals surface area (Å²) in [7, 11) is 0. The fourth-order valence-corrected chi connectivity index (χ4v) is 2.61. The number of aromatic nitrogens is 3. The summed E-state index contributed by atoms with van der Waals surface area (Å²) in [4.78, 5) is 15.4. The number of carbonyl (C=O) groups excluding carboxylic acids is 1. The van der Waals surface area contributed by atoms with E-state index in [9.17, 15) is 4.79 Å². The van der Waals surface area contributed by atoms with Crippen molar-refractivity contribution in [3.8, 4) is 0 Å². The predicted molar refractivity (Wildman–Crippen MR) is 84.2 cm³/mol. The van der Waals surface area contributed by atoms with E-state index in [-0.39, 0.29) is 5.91 Å². The number of nitrogens with zero attached hydrogens (tertiary/aromatic N) is 1. The molecule has 0 fully saturated rings. The number of H-pyrrole nitrogens is 2. The average Bonchev–Trinajstić information content (AvgIpc) is 3.04. The Morgan fingerprint density at radius 3 is 2.95 bits per heavy atom. The number of aromatic amines is 2. The summed E-state index contributed by atoms with van der Waals surface area (Å²) >= 11 is 12.2. The van der Waals surface area contributed by atoms with Gasteiger partial charge in [0.05, 0.1) is 11.2 Å². The van der Waals surface area contributed by atoms with Crippen LogP contribution in [0.5, 0.6) is 0 Å².